The van der Waals surface area contributed by atoms with Crippen molar-refractivity contribution in [2.24, 2.45) is 0 Å². The van der Waals surface area contributed by atoms with Gasteiger partial charge in [-0.05, 0) is 49.6 Å². The fraction of sp³-hybridized carbons (Fsp3) is 0.208. The lowest BCUT2D eigenvalue weighted by molar-refractivity contribution is 0.0935. The second-order valence-electron chi connectivity index (χ2n) is 6.83. The normalized spacial score (nSPS) is 11.7. The molecule has 0 saturated heterocycles. The van der Waals surface area contributed by atoms with Gasteiger partial charge in [0.05, 0.1) is 11.6 Å². The molecule has 1 N–H and O–H groups in total. The molecule has 27 heavy (non-hydrogen) atoms. The largest absolute Gasteiger partial charge is 0.488 e. The van der Waals surface area contributed by atoms with E-state index in [-0.39, 0.29) is 11.9 Å². The summed E-state index contributed by atoms with van der Waals surface area (Å²) in [5.41, 5.74) is 5.10. The number of carbonyl (C=O) groups excluding carboxylic acids is 1. The summed E-state index contributed by atoms with van der Waals surface area (Å²) in [6.07, 6.45) is 0. The van der Waals surface area contributed by atoms with Crippen LogP contribution in [0.3, 0.4) is 0 Å². The molecule has 3 aromatic rings. The minimum absolute atomic E-state index is 0.0837. The summed E-state index contributed by atoms with van der Waals surface area (Å²) in [4.78, 5) is 12.9. The number of para-hydroxylation sites is 1. The highest BCUT2D eigenvalue weighted by Gasteiger charge is 2.16. The molecular formula is C24H25NO2. The van der Waals surface area contributed by atoms with Gasteiger partial charge in [0, 0.05) is 0 Å². The number of hydrogen-bond donors (Lipinski definition) is 1. The number of benzene rings is 3. The van der Waals surface area contributed by atoms with Gasteiger partial charge < -0.3 is 10.1 Å². The average Bonchev–Trinajstić information content (AvgIpc) is 2.69. The van der Waals surface area contributed by atoms with Gasteiger partial charge >= 0.3 is 0 Å². The van der Waals surface area contributed by atoms with Gasteiger partial charge in [-0.2, -0.15) is 0 Å². The Labute approximate surface area is 161 Å². The van der Waals surface area contributed by atoms with Crippen molar-refractivity contribution in [3.05, 3.63) is 101 Å². The molecule has 0 heterocycles. The number of aryl methyl sites for hydroxylation is 2. The predicted molar refractivity (Wildman–Crippen MR) is 109 cm³/mol. The molecule has 0 aromatic heterocycles. The maximum Gasteiger partial charge on any atom is 0.255 e. The van der Waals surface area contributed by atoms with Gasteiger partial charge in [0.25, 0.3) is 5.91 Å². The second kappa shape index (κ2) is 8.54. The highest BCUT2D eigenvalue weighted by Crippen LogP contribution is 2.23. The van der Waals surface area contributed by atoms with Gasteiger partial charge in [-0.3, -0.25) is 4.79 Å². The Balaban J connectivity index is 1.74. The first-order valence-corrected chi connectivity index (χ1v) is 9.18. The van der Waals surface area contributed by atoms with Crippen LogP contribution in [0.4, 0.5) is 0 Å². The van der Waals surface area contributed by atoms with Crippen molar-refractivity contribution in [1.29, 1.82) is 0 Å². The summed E-state index contributed by atoms with van der Waals surface area (Å²) in [6.45, 7) is 6.56. The third-order valence-corrected chi connectivity index (χ3v) is 4.62. The zero-order valence-electron chi connectivity index (χ0n) is 16.0. The molecule has 0 spiro atoms. The van der Waals surface area contributed by atoms with Gasteiger partial charge in [-0.25, -0.2) is 0 Å². The maximum absolute atomic E-state index is 12.9. The van der Waals surface area contributed by atoms with Crippen molar-refractivity contribution < 1.29 is 9.53 Å². The molecule has 1 amide bonds. The molecular weight excluding hydrogens is 334 g/mol. The quantitative estimate of drug-likeness (QED) is 0.642. The average molecular weight is 359 g/mol. The lowest BCUT2D eigenvalue weighted by Gasteiger charge is -2.18. The molecule has 0 aliphatic rings. The molecule has 3 heteroatoms. The highest BCUT2D eigenvalue weighted by atomic mass is 16.5. The molecule has 138 valence electrons. The van der Waals surface area contributed by atoms with Crippen molar-refractivity contribution in [3.63, 3.8) is 0 Å². The fourth-order valence-electron chi connectivity index (χ4n) is 3.09. The zero-order valence-corrected chi connectivity index (χ0v) is 16.0. The minimum atomic E-state index is -0.132. The smallest absolute Gasteiger partial charge is 0.255 e. The molecule has 0 saturated carbocycles. The van der Waals surface area contributed by atoms with Crippen molar-refractivity contribution in [2.75, 3.05) is 0 Å². The van der Waals surface area contributed by atoms with Crippen LogP contribution in [0.5, 0.6) is 5.75 Å². The molecule has 0 fully saturated rings. The summed E-state index contributed by atoms with van der Waals surface area (Å²) < 4.78 is 5.91. The summed E-state index contributed by atoms with van der Waals surface area (Å²) in [5.74, 6) is 0.457. The van der Waals surface area contributed by atoms with E-state index < -0.39 is 0 Å². The van der Waals surface area contributed by atoms with Crippen LogP contribution in [0.25, 0.3) is 0 Å². The first-order valence-electron chi connectivity index (χ1n) is 9.18. The summed E-state index contributed by atoms with van der Waals surface area (Å²) in [7, 11) is 0. The highest BCUT2D eigenvalue weighted by molar-refractivity contribution is 5.97. The van der Waals surface area contributed by atoms with Crippen LogP contribution in [-0.2, 0) is 6.61 Å². The topological polar surface area (TPSA) is 38.3 Å². The second-order valence-corrected chi connectivity index (χ2v) is 6.83. The SMILES string of the molecule is Cc1ccc(C)c([C@@H](C)NC(=O)c2ccccc2OCc2ccccc2)c1. The molecule has 0 radical (unpaired) electrons. The Morgan fingerprint density at radius 2 is 1.67 bits per heavy atom. The van der Waals surface area contributed by atoms with E-state index in [9.17, 15) is 4.79 Å². The van der Waals surface area contributed by atoms with Gasteiger partial charge in [0.2, 0.25) is 0 Å². The molecule has 0 unspecified atom stereocenters. The Bertz CT molecular complexity index is 919. The predicted octanol–water partition coefficient (Wildman–Crippen LogP) is 5.37. The summed E-state index contributed by atoms with van der Waals surface area (Å²) >= 11 is 0. The molecule has 3 aromatic carbocycles. The van der Waals surface area contributed by atoms with E-state index in [1.807, 2.05) is 55.5 Å². The lowest BCUT2D eigenvalue weighted by atomic mass is 9.99. The van der Waals surface area contributed by atoms with Crippen molar-refractivity contribution in [2.45, 2.75) is 33.4 Å². The number of ether oxygens (including phenoxy) is 1. The van der Waals surface area contributed by atoms with Gasteiger partial charge in [0.1, 0.15) is 12.4 Å². The summed E-state index contributed by atoms with van der Waals surface area (Å²) in [6, 6.07) is 23.5. The van der Waals surface area contributed by atoms with Gasteiger partial charge in [-0.15, -0.1) is 0 Å². The van der Waals surface area contributed by atoms with Crippen LogP contribution in [0.15, 0.2) is 72.8 Å². The third-order valence-electron chi connectivity index (χ3n) is 4.62. The number of amides is 1. The molecule has 1 atom stereocenters. The maximum atomic E-state index is 12.9. The van der Waals surface area contributed by atoms with Crippen LogP contribution in [0.2, 0.25) is 0 Å². The molecule has 3 rings (SSSR count). The van der Waals surface area contributed by atoms with Crippen molar-refractivity contribution in [3.8, 4) is 5.75 Å². The standard InChI is InChI=1S/C24H25NO2/c1-17-13-14-18(2)22(15-17)19(3)25-24(26)21-11-7-8-12-23(21)27-16-20-9-5-4-6-10-20/h4-15,19H,16H2,1-3H3,(H,25,26)/t19-/m1/s1. The third kappa shape index (κ3) is 4.76. The number of rotatable bonds is 6. The van der Waals surface area contributed by atoms with Crippen LogP contribution < -0.4 is 10.1 Å². The minimum Gasteiger partial charge on any atom is -0.488 e. The van der Waals surface area contributed by atoms with E-state index in [4.69, 9.17) is 4.74 Å². The van der Waals surface area contributed by atoms with E-state index in [2.05, 4.69) is 37.4 Å². The van der Waals surface area contributed by atoms with Crippen LogP contribution in [0, 0.1) is 13.8 Å². The van der Waals surface area contributed by atoms with Crippen molar-refractivity contribution >= 4 is 5.91 Å². The van der Waals surface area contributed by atoms with Crippen LogP contribution >= 0.6 is 0 Å². The van der Waals surface area contributed by atoms with Crippen molar-refractivity contribution in [1.82, 2.24) is 5.32 Å². The van der Waals surface area contributed by atoms with Gasteiger partial charge in [0.15, 0.2) is 0 Å². The molecule has 0 aliphatic carbocycles. The molecule has 0 aliphatic heterocycles. The van der Waals surface area contributed by atoms with E-state index in [1.165, 1.54) is 11.1 Å². The first-order chi connectivity index (χ1) is 13.0. The Kier molecular flexibility index (Phi) is 5.92. The van der Waals surface area contributed by atoms with Crippen LogP contribution in [-0.4, -0.2) is 5.91 Å². The zero-order chi connectivity index (χ0) is 19.2. The number of hydrogen-bond acceptors (Lipinski definition) is 2. The van der Waals surface area contributed by atoms with E-state index in [1.54, 1.807) is 6.07 Å². The Morgan fingerprint density at radius 3 is 2.44 bits per heavy atom. The lowest BCUT2D eigenvalue weighted by Crippen LogP contribution is -2.27. The first kappa shape index (κ1) is 18.7. The molecule has 3 nitrogen and oxygen atoms in total. The summed E-state index contributed by atoms with van der Waals surface area (Å²) in [5, 5.41) is 3.10. The van der Waals surface area contributed by atoms with E-state index in [0.29, 0.717) is 17.9 Å². The monoisotopic (exact) mass is 359 g/mol. The van der Waals surface area contributed by atoms with Crippen LogP contribution in [0.1, 0.15) is 45.6 Å². The Hall–Kier alpha value is -3.07. The number of carbonyl (C=O) groups is 1. The van der Waals surface area contributed by atoms with E-state index in [0.717, 1.165) is 11.1 Å². The fourth-order valence-corrected chi connectivity index (χ4v) is 3.09. The Morgan fingerprint density at radius 1 is 0.963 bits per heavy atom. The molecule has 0 bridgehead atoms. The number of nitrogens with one attached hydrogen (secondary N) is 1. The van der Waals surface area contributed by atoms with E-state index >= 15 is 0 Å². The van der Waals surface area contributed by atoms with Gasteiger partial charge in [-0.1, -0.05) is 66.2 Å².